The summed E-state index contributed by atoms with van der Waals surface area (Å²) in [6.07, 6.45) is 6.07. The van der Waals surface area contributed by atoms with Crippen molar-refractivity contribution in [3.05, 3.63) is 42.1 Å². The van der Waals surface area contributed by atoms with Gasteiger partial charge in [0.2, 0.25) is 0 Å². The van der Waals surface area contributed by atoms with Gasteiger partial charge >= 0.3 is 0 Å². The fraction of sp³-hybridized carbons (Fsp3) is 0.400. The number of benzene rings is 1. The van der Waals surface area contributed by atoms with Crippen LogP contribution in [-0.4, -0.2) is 12.0 Å². The van der Waals surface area contributed by atoms with Gasteiger partial charge in [0.05, 0.1) is 5.52 Å². The molecule has 0 aliphatic heterocycles. The SMILES string of the molecule is CNC(CC1CC1)c1cnc2ccccc2c1. The average Bonchev–Trinajstić information content (AvgIpc) is 3.19. The van der Waals surface area contributed by atoms with E-state index in [-0.39, 0.29) is 0 Å². The number of nitrogens with zero attached hydrogens (tertiary/aromatic N) is 1. The summed E-state index contributed by atoms with van der Waals surface area (Å²) in [5.74, 6) is 0.930. The molecule has 1 atom stereocenters. The molecule has 0 amide bonds. The maximum atomic E-state index is 4.54. The van der Waals surface area contributed by atoms with E-state index in [0.717, 1.165) is 11.4 Å². The van der Waals surface area contributed by atoms with Gasteiger partial charge in [-0.05, 0) is 37.1 Å². The minimum atomic E-state index is 0.458. The van der Waals surface area contributed by atoms with Crippen LogP contribution in [0.3, 0.4) is 0 Å². The van der Waals surface area contributed by atoms with E-state index in [4.69, 9.17) is 0 Å². The van der Waals surface area contributed by atoms with Crippen LogP contribution in [0.15, 0.2) is 36.5 Å². The van der Waals surface area contributed by atoms with Gasteiger partial charge in [-0.3, -0.25) is 4.98 Å². The van der Waals surface area contributed by atoms with E-state index >= 15 is 0 Å². The highest BCUT2D eigenvalue weighted by Crippen LogP contribution is 2.37. The van der Waals surface area contributed by atoms with Crippen LogP contribution in [0.25, 0.3) is 10.9 Å². The zero-order valence-corrected chi connectivity index (χ0v) is 10.2. The van der Waals surface area contributed by atoms with Gasteiger partial charge in [-0.1, -0.05) is 31.0 Å². The Hall–Kier alpha value is -1.41. The second-order valence-corrected chi connectivity index (χ2v) is 4.98. The molecule has 2 nitrogen and oxygen atoms in total. The molecule has 88 valence electrons. The highest BCUT2D eigenvalue weighted by atomic mass is 14.9. The molecular weight excluding hydrogens is 208 g/mol. The van der Waals surface area contributed by atoms with E-state index in [9.17, 15) is 0 Å². The van der Waals surface area contributed by atoms with Crippen molar-refractivity contribution in [2.75, 3.05) is 7.05 Å². The van der Waals surface area contributed by atoms with E-state index in [1.165, 1.54) is 30.2 Å². The summed E-state index contributed by atoms with van der Waals surface area (Å²) < 4.78 is 0. The quantitative estimate of drug-likeness (QED) is 0.865. The summed E-state index contributed by atoms with van der Waals surface area (Å²) in [7, 11) is 2.04. The predicted octanol–water partition coefficient (Wildman–Crippen LogP) is 3.30. The van der Waals surface area contributed by atoms with Gasteiger partial charge in [-0.2, -0.15) is 0 Å². The third kappa shape index (κ3) is 2.32. The molecule has 1 aromatic heterocycles. The first-order chi connectivity index (χ1) is 8.36. The number of pyridine rings is 1. The van der Waals surface area contributed by atoms with Crippen molar-refractivity contribution in [2.24, 2.45) is 5.92 Å². The fourth-order valence-electron chi connectivity index (χ4n) is 2.39. The zero-order valence-electron chi connectivity index (χ0n) is 10.2. The Morgan fingerprint density at radius 3 is 2.94 bits per heavy atom. The van der Waals surface area contributed by atoms with Gasteiger partial charge in [0.1, 0.15) is 0 Å². The monoisotopic (exact) mass is 226 g/mol. The molecular formula is C15H18N2. The topological polar surface area (TPSA) is 24.9 Å². The molecule has 1 aromatic carbocycles. The first kappa shape index (κ1) is 10.7. The highest BCUT2D eigenvalue weighted by molar-refractivity contribution is 5.78. The average molecular weight is 226 g/mol. The van der Waals surface area contributed by atoms with Crippen LogP contribution in [0.4, 0.5) is 0 Å². The molecule has 17 heavy (non-hydrogen) atoms. The number of hydrogen-bond acceptors (Lipinski definition) is 2. The van der Waals surface area contributed by atoms with E-state index in [0.29, 0.717) is 6.04 Å². The molecule has 0 radical (unpaired) electrons. The summed E-state index contributed by atoms with van der Waals surface area (Å²) in [5, 5.41) is 4.65. The van der Waals surface area contributed by atoms with Crippen LogP contribution in [0.2, 0.25) is 0 Å². The van der Waals surface area contributed by atoms with Gasteiger partial charge in [0.15, 0.2) is 0 Å². The largest absolute Gasteiger partial charge is 0.313 e. The lowest BCUT2D eigenvalue weighted by Gasteiger charge is -2.16. The van der Waals surface area contributed by atoms with Crippen molar-refractivity contribution in [2.45, 2.75) is 25.3 Å². The maximum Gasteiger partial charge on any atom is 0.0702 e. The second kappa shape index (κ2) is 4.46. The highest BCUT2D eigenvalue weighted by Gasteiger charge is 2.25. The smallest absolute Gasteiger partial charge is 0.0702 e. The molecule has 1 N–H and O–H groups in total. The number of aromatic nitrogens is 1. The molecule has 3 rings (SSSR count). The van der Waals surface area contributed by atoms with E-state index in [2.05, 4.69) is 34.6 Å². The number of hydrogen-bond donors (Lipinski definition) is 1. The molecule has 2 heteroatoms. The first-order valence-corrected chi connectivity index (χ1v) is 6.39. The normalized spacial score (nSPS) is 17.2. The Labute approximate surface area is 102 Å². The summed E-state index contributed by atoms with van der Waals surface area (Å²) in [4.78, 5) is 4.54. The number of rotatable bonds is 4. The van der Waals surface area contributed by atoms with E-state index < -0.39 is 0 Å². The third-order valence-corrected chi connectivity index (χ3v) is 3.63. The molecule has 1 unspecified atom stereocenters. The van der Waals surface area contributed by atoms with Crippen LogP contribution in [-0.2, 0) is 0 Å². The van der Waals surface area contributed by atoms with Gasteiger partial charge in [0.25, 0.3) is 0 Å². The van der Waals surface area contributed by atoms with E-state index in [1.54, 1.807) is 0 Å². The van der Waals surface area contributed by atoms with Crippen molar-refractivity contribution in [1.82, 2.24) is 10.3 Å². The van der Waals surface area contributed by atoms with Crippen molar-refractivity contribution < 1.29 is 0 Å². The van der Waals surface area contributed by atoms with Crippen molar-refractivity contribution in [1.29, 1.82) is 0 Å². The standard InChI is InChI=1S/C15H18N2/c1-16-15(8-11-6-7-11)13-9-12-4-2-3-5-14(12)17-10-13/h2-5,9-11,15-16H,6-8H2,1H3. The minimum absolute atomic E-state index is 0.458. The third-order valence-electron chi connectivity index (χ3n) is 3.63. The summed E-state index contributed by atoms with van der Waals surface area (Å²) in [6.45, 7) is 0. The van der Waals surface area contributed by atoms with Gasteiger partial charge in [-0.25, -0.2) is 0 Å². The first-order valence-electron chi connectivity index (χ1n) is 6.39. The molecule has 1 heterocycles. The summed E-state index contributed by atoms with van der Waals surface area (Å²) in [5.41, 5.74) is 2.40. The zero-order chi connectivity index (χ0) is 11.7. The Kier molecular flexibility index (Phi) is 2.81. The molecule has 2 aromatic rings. The number of para-hydroxylation sites is 1. The molecule has 0 spiro atoms. The lowest BCUT2D eigenvalue weighted by atomic mass is 10.0. The summed E-state index contributed by atoms with van der Waals surface area (Å²) >= 11 is 0. The van der Waals surface area contributed by atoms with Crippen LogP contribution in [0.5, 0.6) is 0 Å². The van der Waals surface area contributed by atoms with Gasteiger partial charge in [0, 0.05) is 17.6 Å². The molecule has 1 aliphatic rings. The van der Waals surface area contributed by atoms with Gasteiger partial charge in [-0.15, -0.1) is 0 Å². The van der Waals surface area contributed by atoms with Gasteiger partial charge < -0.3 is 5.32 Å². The Bertz CT molecular complexity index is 517. The molecule has 1 aliphatic carbocycles. The van der Waals surface area contributed by atoms with Crippen molar-refractivity contribution >= 4 is 10.9 Å². The maximum absolute atomic E-state index is 4.54. The Balaban J connectivity index is 1.92. The summed E-state index contributed by atoms with van der Waals surface area (Å²) in [6, 6.07) is 11.0. The number of fused-ring (bicyclic) bond motifs is 1. The lowest BCUT2D eigenvalue weighted by molar-refractivity contribution is 0.514. The lowest BCUT2D eigenvalue weighted by Crippen LogP contribution is -2.17. The molecule has 1 fully saturated rings. The minimum Gasteiger partial charge on any atom is -0.313 e. The molecule has 0 bridgehead atoms. The second-order valence-electron chi connectivity index (χ2n) is 4.98. The molecule has 1 saturated carbocycles. The van der Waals surface area contributed by atoms with Crippen molar-refractivity contribution in [3.63, 3.8) is 0 Å². The predicted molar refractivity (Wildman–Crippen MR) is 70.9 cm³/mol. The van der Waals surface area contributed by atoms with Crippen LogP contribution >= 0.6 is 0 Å². The van der Waals surface area contributed by atoms with Crippen LogP contribution in [0.1, 0.15) is 30.9 Å². The molecule has 0 saturated heterocycles. The van der Waals surface area contributed by atoms with Crippen molar-refractivity contribution in [3.8, 4) is 0 Å². The number of nitrogens with one attached hydrogen (secondary N) is 1. The van der Waals surface area contributed by atoms with Crippen LogP contribution < -0.4 is 5.32 Å². The Morgan fingerprint density at radius 1 is 1.35 bits per heavy atom. The fourth-order valence-corrected chi connectivity index (χ4v) is 2.39. The van der Waals surface area contributed by atoms with E-state index in [1.807, 2.05) is 19.3 Å². The van der Waals surface area contributed by atoms with Crippen LogP contribution in [0, 0.1) is 5.92 Å². The Morgan fingerprint density at radius 2 is 2.18 bits per heavy atom.